The van der Waals surface area contributed by atoms with Gasteiger partial charge in [-0.15, -0.1) is 24.0 Å². The van der Waals surface area contributed by atoms with Gasteiger partial charge in [0.15, 0.2) is 5.96 Å². The lowest BCUT2D eigenvalue weighted by molar-refractivity contribution is 0.180. The second kappa shape index (κ2) is 14.3. The Bertz CT molecular complexity index is 631. The van der Waals surface area contributed by atoms with Gasteiger partial charge in [-0.25, -0.2) is 0 Å². The molecular formula is C21H37ClIN5O. The molecule has 1 aliphatic rings. The van der Waals surface area contributed by atoms with E-state index in [1.54, 1.807) is 7.11 Å². The second-order valence-corrected chi connectivity index (χ2v) is 8.00. The molecule has 1 aromatic rings. The molecule has 2 N–H and O–H groups in total. The van der Waals surface area contributed by atoms with E-state index in [2.05, 4.69) is 51.5 Å². The molecule has 0 saturated carbocycles. The van der Waals surface area contributed by atoms with Crippen molar-refractivity contribution in [3.05, 3.63) is 28.8 Å². The second-order valence-electron chi connectivity index (χ2n) is 7.56. The van der Waals surface area contributed by atoms with Gasteiger partial charge in [0.25, 0.3) is 0 Å². The molecule has 0 bridgehead atoms. The lowest BCUT2D eigenvalue weighted by Gasteiger charge is -2.22. The topological polar surface area (TPSA) is 52.1 Å². The van der Waals surface area contributed by atoms with Gasteiger partial charge < -0.3 is 25.2 Å². The van der Waals surface area contributed by atoms with Gasteiger partial charge in [-0.1, -0.05) is 17.7 Å². The number of likely N-dealkylation sites (N-methyl/N-ethyl adjacent to an activating group) is 1. The first-order chi connectivity index (χ1) is 13.5. The van der Waals surface area contributed by atoms with Crippen molar-refractivity contribution in [3.63, 3.8) is 0 Å². The first-order valence-electron chi connectivity index (χ1n) is 10.2. The number of halogens is 2. The Balaban J connectivity index is 0.00000420. The summed E-state index contributed by atoms with van der Waals surface area (Å²) in [5.74, 6) is 1.48. The highest BCUT2D eigenvalue weighted by Gasteiger charge is 2.24. The zero-order valence-corrected chi connectivity index (χ0v) is 21.3. The van der Waals surface area contributed by atoms with Crippen molar-refractivity contribution in [1.82, 2.24) is 15.5 Å². The smallest absolute Gasteiger partial charge is 0.191 e. The molecule has 1 saturated heterocycles. The standard InChI is InChI=1S/C21H36ClN5O.HI/c1-17-6-7-19(22)14-20(17)27-11-8-18(16-27)15-25-21(23-2)24-9-12-26(3)10-5-13-28-4;/h6-7,14,18H,5,8-13,15-16H2,1-4H3,(H2,23,24,25);1H. The number of methoxy groups -OCH3 is 1. The van der Waals surface area contributed by atoms with Crippen LogP contribution in [0.2, 0.25) is 5.02 Å². The van der Waals surface area contributed by atoms with Crippen LogP contribution in [-0.4, -0.2) is 77.9 Å². The monoisotopic (exact) mass is 537 g/mol. The number of benzene rings is 1. The third-order valence-electron chi connectivity index (χ3n) is 5.25. The Morgan fingerprint density at radius 3 is 2.86 bits per heavy atom. The van der Waals surface area contributed by atoms with Gasteiger partial charge in [0.1, 0.15) is 0 Å². The lowest BCUT2D eigenvalue weighted by Crippen LogP contribution is -2.43. The predicted octanol–water partition coefficient (Wildman–Crippen LogP) is 3.23. The Labute approximate surface area is 198 Å². The average Bonchev–Trinajstić information content (AvgIpc) is 3.15. The van der Waals surface area contributed by atoms with Crippen LogP contribution in [0.4, 0.5) is 5.69 Å². The van der Waals surface area contributed by atoms with Crippen LogP contribution in [0.15, 0.2) is 23.2 Å². The first-order valence-corrected chi connectivity index (χ1v) is 10.5. The van der Waals surface area contributed by atoms with E-state index in [1.807, 2.05) is 13.1 Å². The Kier molecular flexibility index (Phi) is 12.9. The number of hydrogen-bond acceptors (Lipinski definition) is 4. The number of rotatable bonds is 10. The molecule has 0 aromatic heterocycles. The van der Waals surface area contributed by atoms with Crippen molar-refractivity contribution < 1.29 is 4.74 Å². The zero-order chi connectivity index (χ0) is 20.4. The third kappa shape index (κ3) is 9.27. The molecule has 6 nitrogen and oxygen atoms in total. The maximum absolute atomic E-state index is 6.19. The van der Waals surface area contributed by atoms with Crippen LogP contribution in [0.3, 0.4) is 0 Å². The number of aliphatic imine (C=N–C) groups is 1. The van der Waals surface area contributed by atoms with Gasteiger partial charge in [-0.3, -0.25) is 4.99 Å². The fraction of sp³-hybridized carbons (Fsp3) is 0.667. The van der Waals surface area contributed by atoms with Crippen molar-refractivity contribution in [3.8, 4) is 0 Å². The van der Waals surface area contributed by atoms with E-state index in [-0.39, 0.29) is 24.0 Å². The number of nitrogens with one attached hydrogen (secondary N) is 2. The summed E-state index contributed by atoms with van der Waals surface area (Å²) in [7, 11) is 5.71. The molecule has 1 aliphatic heterocycles. The highest BCUT2D eigenvalue weighted by molar-refractivity contribution is 14.0. The van der Waals surface area contributed by atoms with E-state index in [0.717, 1.165) is 63.3 Å². The van der Waals surface area contributed by atoms with Gasteiger partial charge in [-0.05, 0) is 50.4 Å². The fourth-order valence-corrected chi connectivity index (χ4v) is 3.73. The van der Waals surface area contributed by atoms with Crippen LogP contribution in [0.1, 0.15) is 18.4 Å². The molecule has 1 unspecified atom stereocenters. The molecule has 1 fully saturated rings. The molecular weight excluding hydrogens is 501 g/mol. The number of guanidine groups is 1. The molecule has 0 aliphatic carbocycles. The van der Waals surface area contributed by atoms with E-state index in [0.29, 0.717) is 5.92 Å². The number of ether oxygens (including phenoxy) is 1. The first kappa shape index (κ1) is 26.3. The van der Waals surface area contributed by atoms with Gasteiger partial charge in [0.2, 0.25) is 0 Å². The maximum atomic E-state index is 6.19. The van der Waals surface area contributed by atoms with E-state index in [9.17, 15) is 0 Å². The summed E-state index contributed by atoms with van der Waals surface area (Å²) in [4.78, 5) is 9.10. The Hall–Kier alpha value is -0.770. The number of nitrogens with zero attached hydrogens (tertiary/aromatic N) is 3. The molecule has 1 aromatic carbocycles. The average molecular weight is 538 g/mol. The van der Waals surface area contributed by atoms with Crippen LogP contribution in [-0.2, 0) is 4.74 Å². The summed E-state index contributed by atoms with van der Waals surface area (Å²) in [5.41, 5.74) is 2.54. The van der Waals surface area contributed by atoms with Crippen molar-refractivity contribution in [1.29, 1.82) is 0 Å². The minimum Gasteiger partial charge on any atom is -0.385 e. The van der Waals surface area contributed by atoms with Crippen molar-refractivity contribution in [2.24, 2.45) is 10.9 Å². The molecule has 0 radical (unpaired) electrons. The van der Waals surface area contributed by atoms with Crippen molar-refractivity contribution in [2.45, 2.75) is 19.8 Å². The van der Waals surface area contributed by atoms with Gasteiger partial charge in [0, 0.05) is 70.7 Å². The number of hydrogen-bond donors (Lipinski definition) is 2. The summed E-state index contributed by atoms with van der Waals surface area (Å²) in [6.45, 7) is 8.92. The van der Waals surface area contributed by atoms with Crippen LogP contribution in [0, 0.1) is 12.8 Å². The highest BCUT2D eigenvalue weighted by atomic mass is 127. The van der Waals surface area contributed by atoms with E-state index in [4.69, 9.17) is 16.3 Å². The Morgan fingerprint density at radius 1 is 1.34 bits per heavy atom. The molecule has 166 valence electrons. The molecule has 0 amide bonds. The normalized spacial score (nSPS) is 16.8. The van der Waals surface area contributed by atoms with Crippen LogP contribution in [0.25, 0.3) is 0 Å². The minimum absolute atomic E-state index is 0. The molecule has 2 rings (SSSR count). The maximum Gasteiger partial charge on any atom is 0.191 e. The van der Waals surface area contributed by atoms with Crippen LogP contribution < -0.4 is 15.5 Å². The minimum atomic E-state index is 0. The van der Waals surface area contributed by atoms with E-state index < -0.39 is 0 Å². The van der Waals surface area contributed by atoms with Gasteiger partial charge >= 0.3 is 0 Å². The van der Waals surface area contributed by atoms with E-state index >= 15 is 0 Å². The molecule has 1 heterocycles. The number of anilines is 1. The van der Waals surface area contributed by atoms with Crippen molar-refractivity contribution >= 4 is 47.2 Å². The summed E-state index contributed by atoms with van der Waals surface area (Å²) in [6.07, 6.45) is 2.24. The lowest BCUT2D eigenvalue weighted by atomic mass is 10.1. The van der Waals surface area contributed by atoms with Crippen LogP contribution in [0.5, 0.6) is 0 Å². The summed E-state index contributed by atoms with van der Waals surface area (Å²) < 4.78 is 5.10. The zero-order valence-electron chi connectivity index (χ0n) is 18.2. The molecule has 0 spiro atoms. The molecule has 1 atom stereocenters. The molecule has 8 heteroatoms. The van der Waals surface area contributed by atoms with Crippen molar-refractivity contribution in [2.75, 3.05) is 72.0 Å². The summed E-state index contributed by atoms with van der Waals surface area (Å²) in [6, 6.07) is 6.14. The third-order valence-corrected chi connectivity index (χ3v) is 5.49. The fourth-order valence-electron chi connectivity index (χ4n) is 3.56. The SMILES string of the molecule is CN=C(NCCN(C)CCCOC)NCC1CCN(c2cc(Cl)ccc2C)C1.I. The Morgan fingerprint density at radius 2 is 2.14 bits per heavy atom. The predicted molar refractivity (Wildman–Crippen MR) is 135 cm³/mol. The van der Waals surface area contributed by atoms with Crippen LogP contribution >= 0.6 is 35.6 Å². The highest BCUT2D eigenvalue weighted by Crippen LogP contribution is 2.29. The largest absolute Gasteiger partial charge is 0.385 e. The quantitative estimate of drug-likeness (QED) is 0.208. The molecule has 29 heavy (non-hydrogen) atoms. The summed E-state index contributed by atoms with van der Waals surface area (Å²) in [5, 5.41) is 7.70. The van der Waals surface area contributed by atoms with Gasteiger partial charge in [0.05, 0.1) is 0 Å². The summed E-state index contributed by atoms with van der Waals surface area (Å²) >= 11 is 6.19. The number of aryl methyl sites for hydroxylation is 1. The van der Waals surface area contributed by atoms with Gasteiger partial charge in [-0.2, -0.15) is 0 Å². The van der Waals surface area contributed by atoms with E-state index in [1.165, 1.54) is 17.7 Å².